The Hall–Kier alpha value is -1.49. The molecule has 2 aliphatic carbocycles. The highest BCUT2D eigenvalue weighted by molar-refractivity contribution is 7.89. The molecule has 0 aromatic heterocycles. The summed E-state index contributed by atoms with van der Waals surface area (Å²) in [6.07, 6.45) is 3.74. The van der Waals surface area contributed by atoms with E-state index in [2.05, 4.69) is 10.0 Å². The molecule has 0 unspecified atom stereocenters. The van der Waals surface area contributed by atoms with Crippen LogP contribution in [-0.4, -0.2) is 45.6 Å². The molecule has 4 atom stereocenters. The van der Waals surface area contributed by atoms with E-state index in [0.717, 1.165) is 19.3 Å². The van der Waals surface area contributed by atoms with E-state index in [9.17, 15) is 21.6 Å². The smallest absolute Gasteiger partial charge is 0.266 e. The normalized spacial score (nSPS) is 27.0. The molecule has 3 N–H and O–H groups in total. The molecule has 0 aliphatic heterocycles. The summed E-state index contributed by atoms with van der Waals surface area (Å²) in [6.45, 7) is -0.140. The Kier molecular flexibility index (Phi) is 6.43. The number of fused-ring (bicyclic) bond motifs is 2. The molecule has 156 valence electrons. The van der Waals surface area contributed by atoms with Gasteiger partial charge >= 0.3 is 0 Å². The van der Waals surface area contributed by atoms with E-state index in [-0.39, 0.29) is 41.6 Å². The molecule has 2 fully saturated rings. The summed E-state index contributed by atoms with van der Waals surface area (Å²) in [5, 5.41) is 2.48. The van der Waals surface area contributed by atoms with Crippen molar-refractivity contribution < 1.29 is 26.2 Å². The van der Waals surface area contributed by atoms with Crippen molar-refractivity contribution in [2.45, 2.75) is 43.0 Å². The highest BCUT2D eigenvalue weighted by Crippen LogP contribution is 2.50. The minimum absolute atomic E-state index is 0.0876. The van der Waals surface area contributed by atoms with E-state index in [1.54, 1.807) is 30.3 Å². The Morgan fingerprint density at radius 1 is 1.07 bits per heavy atom. The second-order valence-electron chi connectivity index (χ2n) is 7.63. The molecule has 2 bridgehead atoms. The van der Waals surface area contributed by atoms with Crippen LogP contribution in [0, 0.1) is 17.8 Å². The van der Waals surface area contributed by atoms with E-state index in [0.29, 0.717) is 12.3 Å². The molecule has 28 heavy (non-hydrogen) atoms. The highest BCUT2D eigenvalue weighted by atomic mass is 32.2. The Balaban J connectivity index is 1.58. The largest absolute Gasteiger partial charge is 0.355 e. The van der Waals surface area contributed by atoms with Crippen LogP contribution in [0.3, 0.4) is 0 Å². The zero-order chi connectivity index (χ0) is 20.4. The van der Waals surface area contributed by atoms with Gasteiger partial charge in [-0.1, -0.05) is 18.2 Å². The summed E-state index contributed by atoms with van der Waals surface area (Å²) in [5.41, 5.74) is 0. The van der Waals surface area contributed by atoms with Crippen LogP contribution >= 0.6 is 0 Å². The molecule has 0 saturated heterocycles. The number of amides is 1. The van der Waals surface area contributed by atoms with Gasteiger partial charge in [0.25, 0.3) is 10.1 Å². The number of carbonyl (C=O) groups excluding carboxylic acids is 1. The van der Waals surface area contributed by atoms with Gasteiger partial charge in [-0.05, 0) is 55.6 Å². The Labute approximate surface area is 165 Å². The van der Waals surface area contributed by atoms with Crippen LogP contribution in [0.2, 0.25) is 0 Å². The molecule has 2 aliphatic rings. The fraction of sp³-hybridized carbons (Fsp3) is 0.611. The first-order valence-electron chi connectivity index (χ1n) is 9.45. The number of rotatable bonds is 9. The summed E-state index contributed by atoms with van der Waals surface area (Å²) in [7, 11) is -7.72. The van der Waals surface area contributed by atoms with Crippen molar-refractivity contribution in [2.75, 3.05) is 12.3 Å². The summed E-state index contributed by atoms with van der Waals surface area (Å²) < 4.78 is 58.4. The first kappa shape index (κ1) is 21.2. The summed E-state index contributed by atoms with van der Waals surface area (Å²) in [6, 6.07) is 8.07. The second-order valence-corrected chi connectivity index (χ2v) is 10.9. The molecule has 1 amide bonds. The first-order chi connectivity index (χ1) is 13.2. The fourth-order valence-electron chi connectivity index (χ4n) is 4.56. The van der Waals surface area contributed by atoms with Crippen LogP contribution in [0.5, 0.6) is 0 Å². The standard InChI is InChI=1S/C18H26N2O6S2/c21-17(19-10-11-27(22,23)24)9-8-16-13-6-7-14(12-13)18(16)20-28(25,26)15-4-2-1-3-5-15/h1-5,13-14,16,18,20H,6-12H2,(H,19,21)(H,22,23,24)/t13-,14+,16+,18+/m1/s1. The van der Waals surface area contributed by atoms with Crippen molar-refractivity contribution in [3.63, 3.8) is 0 Å². The van der Waals surface area contributed by atoms with Gasteiger partial charge in [-0.25, -0.2) is 13.1 Å². The van der Waals surface area contributed by atoms with Gasteiger partial charge in [0.15, 0.2) is 0 Å². The SMILES string of the molecule is O=C(CC[C@H]1[C@@H]2CC[C@@H](C2)[C@@H]1NS(=O)(=O)c1ccccc1)NCCS(=O)(=O)O. The van der Waals surface area contributed by atoms with Crippen LogP contribution in [0.25, 0.3) is 0 Å². The molecule has 8 nitrogen and oxygen atoms in total. The highest BCUT2D eigenvalue weighted by Gasteiger charge is 2.48. The van der Waals surface area contributed by atoms with Gasteiger partial charge in [0, 0.05) is 19.0 Å². The molecule has 3 rings (SSSR count). The molecule has 0 spiro atoms. The van der Waals surface area contributed by atoms with Gasteiger partial charge in [0.05, 0.1) is 10.6 Å². The van der Waals surface area contributed by atoms with Gasteiger partial charge in [-0.2, -0.15) is 8.42 Å². The minimum Gasteiger partial charge on any atom is -0.355 e. The molecular formula is C18H26N2O6S2. The minimum atomic E-state index is -4.10. The molecule has 1 aromatic rings. The zero-order valence-electron chi connectivity index (χ0n) is 15.5. The third-order valence-corrected chi connectivity index (χ3v) is 8.02. The van der Waals surface area contributed by atoms with Gasteiger partial charge in [0.1, 0.15) is 0 Å². The summed E-state index contributed by atoms with van der Waals surface area (Å²) in [5.74, 6) is -0.0392. The number of hydrogen-bond donors (Lipinski definition) is 3. The van der Waals surface area contributed by atoms with Crippen molar-refractivity contribution >= 4 is 26.0 Å². The van der Waals surface area contributed by atoms with E-state index >= 15 is 0 Å². The monoisotopic (exact) mass is 430 g/mol. The Morgan fingerprint density at radius 3 is 2.43 bits per heavy atom. The van der Waals surface area contributed by atoms with E-state index in [1.807, 2.05) is 0 Å². The number of nitrogens with one attached hydrogen (secondary N) is 2. The molecule has 10 heteroatoms. The maximum atomic E-state index is 12.7. The summed E-state index contributed by atoms with van der Waals surface area (Å²) >= 11 is 0. The number of hydrogen-bond acceptors (Lipinski definition) is 5. The lowest BCUT2D eigenvalue weighted by molar-refractivity contribution is -0.121. The Bertz CT molecular complexity index is 901. The molecule has 1 aromatic carbocycles. The average Bonchev–Trinajstić information content (AvgIpc) is 3.21. The predicted octanol–water partition coefficient (Wildman–Crippen LogP) is 1.16. The lowest BCUT2D eigenvalue weighted by Gasteiger charge is -2.31. The van der Waals surface area contributed by atoms with Crippen molar-refractivity contribution in [1.29, 1.82) is 0 Å². The molecule has 2 saturated carbocycles. The molecule has 0 heterocycles. The van der Waals surface area contributed by atoms with E-state index < -0.39 is 25.9 Å². The molecule has 0 radical (unpaired) electrons. The van der Waals surface area contributed by atoms with Crippen LogP contribution in [-0.2, 0) is 24.9 Å². The number of benzene rings is 1. The maximum absolute atomic E-state index is 12.7. The van der Waals surface area contributed by atoms with Gasteiger partial charge in [-0.15, -0.1) is 0 Å². The van der Waals surface area contributed by atoms with E-state index in [4.69, 9.17) is 4.55 Å². The lowest BCUT2D eigenvalue weighted by Crippen LogP contribution is -2.44. The van der Waals surface area contributed by atoms with Crippen molar-refractivity contribution in [1.82, 2.24) is 10.0 Å². The van der Waals surface area contributed by atoms with Crippen molar-refractivity contribution in [3.8, 4) is 0 Å². The Morgan fingerprint density at radius 2 is 1.75 bits per heavy atom. The fourth-order valence-corrected chi connectivity index (χ4v) is 6.30. The quantitative estimate of drug-likeness (QED) is 0.504. The molecular weight excluding hydrogens is 404 g/mol. The average molecular weight is 431 g/mol. The van der Waals surface area contributed by atoms with Crippen LogP contribution in [0.15, 0.2) is 35.2 Å². The van der Waals surface area contributed by atoms with Gasteiger partial charge in [0.2, 0.25) is 15.9 Å². The lowest BCUT2D eigenvalue weighted by atomic mass is 9.82. The van der Waals surface area contributed by atoms with Crippen LogP contribution < -0.4 is 10.0 Å². The van der Waals surface area contributed by atoms with Gasteiger partial charge in [-0.3, -0.25) is 9.35 Å². The number of carbonyl (C=O) groups is 1. The van der Waals surface area contributed by atoms with Gasteiger partial charge < -0.3 is 5.32 Å². The third-order valence-electron chi connectivity index (χ3n) is 5.82. The first-order valence-corrected chi connectivity index (χ1v) is 12.5. The van der Waals surface area contributed by atoms with Crippen LogP contribution in [0.4, 0.5) is 0 Å². The van der Waals surface area contributed by atoms with Crippen molar-refractivity contribution in [2.24, 2.45) is 17.8 Å². The third kappa shape index (κ3) is 5.31. The van der Waals surface area contributed by atoms with Crippen molar-refractivity contribution in [3.05, 3.63) is 30.3 Å². The second kappa shape index (κ2) is 8.48. The topological polar surface area (TPSA) is 130 Å². The van der Waals surface area contributed by atoms with Crippen LogP contribution in [0.1, 0.15) is 32.1 Å². The van der Waals surface area contributed by atoms with E-state index in [1.165, 1.54) is 0 Å². The zero-order valence-corrected chi connectivity index (χ0v) is 17.1. The summed E-state index contributed by atoms with van der Waals surface area (Å²) in [4.78, 5) is 12.2. The maximum Gasteiger partial charge on any atom is 0.266 e. The predicted molar refractivity (Wildman–Crippen MR) is 104 cm³/mol. The number of sulfonamides is 1.